The maximum Gasteiger partial charge on any atom is 0.227 e. The number of nitrogens with zero attached hydrogens (tertiary/aromatic N) is 2. The Labute approximate surface area is 233 Å². The summed E-state index contributed by atoms with van der Waals surface area (Å²) >= 11 is 0. The number of furan rings is 1. The average Bonchev–Trinajstić information content (AvgIpc) is 3.41. The summed E-state index contributed by atoms with van der Waals surface area (Å²) in [6.45, 7) is 5.91. The molecule has 0 aliphatic heterocycles. The van der Waals surface area contributed by atoms with E-state index in [9.17, 15) is 23.5 Å². The number of pyridine rings is 1. The van der Waals surface area contributed by atoms with Crippen molar-refractivity contribution in [3.05, 3.63) is 89.1 Å². The van der Waals surface area contributed by atoms with Crippen LogP contribution in [0, 0.1) is 11.6 Å². The summed E-state index contributed by atoms with van der Waals surface area (Å²) in [5, 5.41) is 16.8. The van der Waals surface area contributed by atoms with E-state index in [-0.39, 0.29) is 31.7 Å². The number of aliphatic hydroxyl groups excluding tert-OH is 1. The van der Waals surface area contributed by atoms with E-state index < -0.39 is 29.7 Å². The molecule has 216 valence electrons. The highest BCUT2D eigenvalue weighted by atomic mass is 19.1. The fourth-order valence-corrected chi connectivity index (χ4v) is 4.53. The molecule has 3 N–H and O–H groups in total. The number of aromatic nitrogens is 1. The molecule has 0 fully saturated rings. The number of hydrogen-bond acceptors (Lipinski definition) is 6. The number of amides is 2. The van der Waals surface area contributed by atoms with Gasteiger partial charge in [0, 0.05) is 38.1 Å². The second-order valence-electron chi connectivity index (χ2n) is 9.87. The van der Waals surface area contributed by atoms with Crippen molar-refractivity contribution < 1.29 is 27.9 Å². The number of aliphatic hydroxyl groups is 1. The quantitative estimate of drug-likeness (QED) is 0.249. The third-order valence-electron chi connectivity index (χ3n) is 6.33. The van der Waals surface area contributed by atoms with Crippen molar-refractivity contribution in [2.75, 3.05) is 19.6 Å². The Bertz CT molecular complexity index is 1200. The number of carbonyl (C=O) groups excluding carboxylic acids is 2. The first-order chi connectivity index (χ1) is 19.3. The van der Waals surface area contributed by atoms with Crippen LogP contribution in [0.4, 0.5) is 8.78 Å². The zero-order chi connectivity index (χ0) is 28.9. The lowest BCUT2D eigenvalue weighted by Crippen LogP contribution is -2.49. The maximum atomic E-state index is 13.8. The van der Waals surface area contributed by atoms with E-state index >= 15 is 0 Å². The van der Waals surface area contributed by atoms with Crippen molar-refractivity contribution in [1.82, 2.24) is 20.5 Å². The lowest BCUT2D eigenvalue weighted by atomic mass is 10.00. The third kappa shape index (κ3) is 10.2. The van der Waals surface area contributed by atoms with Crippen molar-refractivity contribution in [3.8, 4) is 0 Å². The van der Waals surface area contributed by atoms with Gasteiger partial charge in [-0.05, 0) is 60.2 Å². The van der Waals surface area contributed by atoms with Crippen molar-refractivity contribution in [1.29, 1.82) is 0 Å². The van der Waals surface area contributed by atoms with Crippen molar-refractivity contribution in [3.63, 3.8) is 0 Å². The topological polar surface area (TPSA) is 108 Å². The van der Waals surface area contributed by atoms with Gasteiger partial charge in [0.25, 0.3) is 0 Å². The first-order valence-corrected chi connectivity index (χ1v) is 13.6. The van der Waals surface area contributed by atoms with Crippen LogP contribution < -0.4 is 10.6 Å². The van der Waals surface area contributed by atoms with Crippen LogP contribution in [0.1, 0.15) is 49.1 Å². The standard InChI is InChI=1S/C30H38F2N4O4/c1-3-7-36(8-4-2)30(39)15-23-10-22(17-33-18-23)14-29(38)35-27(13-21-11-24(31)16-25(32)12-21)28(37)20-34-19-26-6-5-9-40-26/h5-6,9-12,16-18,27-28,34,37H,3-4,7-8,13-15,19-20H2,1-2H3,(H,35,38)/t27-,28+/m0/s1. The van der Waals surface area contributed by atoms with Crippen molar-refractivity contribution in [2.24, 2.45) is 0 Å². The van der Waals surface area contributed by atoms with E-state index in [1.807, 2.05) is 18.7 Å². The van der Waals surface area contributed by atoms with Crippen LogP contribution in [0.2, 0.25) is 0 Å². The number of halogens is 2. The van der Waals surface area contributed by atoms with Gasteiger partial charge in [0.2, 0.25) is 11.8 Å². The molecule has 3 aromatic rings. The van der Waals surface area contributed by atoms with E-state index in [2.05, 4.69) is 15.6 Å². The molecule has 0 unspecified atom stereocenters. The van der Waals surface area contributed by atoms with Gasteiger partial charge in [-0.1, -0.05) is 19.9 Å². The fourth-order valence-electron chi connectivity index (χ4n) is 4.53. The van der Waals surface area contributed by atoms with Crippen LogP contribution in [-0.2, 0) is 35.4 Å². The van der Waals surface area contributed by atoms with E-state index in [0.717, 1.165) is 18.9 Å². The van der Waals surface area contributed by atoms with Crippen LogP contribution in [-0.4, -0.2) is 58.6 Å². The van der Waals surface area contributed by atoms with Crippen molar-refractivity contribution >= 4 is 11.8 Å². The highest BCUT2D eigenvalue weighted by Crippen LogP contribution is 2.13. The van der Waals surface area contributed by atoms with Crippen LogP contribution in [0.3, 0.4) is 0 Å². The number of hydrogen-bond donors (Lipinski definition) is 3. The normalized spacial score (nSPS) is 12.6. The second-order valence-corrected chi connectivity index (χ2v) is 9.87. The van der Waals surface area contributed by atoms with Gasteiger partial charge < -0.3 is 25.1 Å². The molecular formula is C30H38F2N4O4. The lowest BCUT2D eigenvalue weighted by Gasteiger charge is -2.25. The Balaban J connectivity index is 1.65. The first kappa shape index (κ1) is 30.9. The molecule has 10 heteroatoms. The largest absolute Gasteiger partial charge is 0.468 e. The smallest absolute Gasteiger partial charge is 0.227 e. The Hall–Kier alpha value is -3.63. The number of rotatable bonds is 16. The predicted octanol–water partition coefficient (Wildman–Crippen LogP) is 3.56. The molecule has 2 atom stereocenters. The molecule has 1 aromatic carbocycles. The summed E-state index contributed by atoms with van der Waals surface area (Å²) in [4.78, 5) is 31.8. The highest BCUT2D eigenvalue weighted by molar-refractivity contribution is 5.80. The molecule has 0 saturated carbocycles. The Morgan fingerprint density at radius 2 is 1.68 bits per heavy atom. The molecule has 40 heavy (non-hydrogen) atoms. The van der Waals surface area contributed by atoms with Crippen LogP contribution in [0.15, 0.2) is 59.5 Å². The van der Waals surface area contributed by atoms with Gasteiger partial charge in [0.1, 0.15) is 17.4 Å². The molecule has 2 heterocycles. The van der Waals surface area contributed by atoms with Gasteiger partial charge in [0.05, 0.1) is 37.8 Å². The van der Waals surface area contributed by atoms with Gasteiger partial charge in [-0.3, -0.25) is 14.6 Å². The van der Waals surface area contributed by atoms with Gasteiger partial charge in [0.15, 0.2) is 0 Å². The Morgan fingerprint density at radius 1 is 1.00 bits per heavy atom. The van der Waals surface area contributed by atoms with E-state index in [0.29, 0.717) is 42.1 Å². The zero-order valence-electron chi connectivity index (χ0n) is 23.0. The summed E-state index contributed by atoms with van der Waals surface area (Å²) in [7, 11) is 0. The molecule has 0 bridgehead atoms. The van der Waals surface area contributed by atoms with Gasteiger partial charge in [-0.25, -0.2) is 8.78 Å². The Kier molecular flexibility index (Phi) is 12.2. The monoisotopic (exact) mass is 556 g/mol. The van der Waals surface area contributed by atoms with Gasteiger partial charge in [-0.15, -0.1) is 0 Å². The molecular weight excluding hydrogens is 518 g/mol. The molecule has 0 aliphatic carbocycles. The summed E-state index contributed by atoms with van der Waals surface area (Å²) in [5.41, 5.74) is 1.63. The molecule has 0 saturated heterocycles. The summed E-state index contributed by atoms with van der Waals surface area (Å²) in [5.74, 6) is -1.17. The van der Waals surface area contributed by atoms with Gasteiger partial charge in [-0.2, -0.15) is 0 Å². The summed E-state index contributed by atoms with van der Waals surface area (Å²) in [6.07, 6.45) is 5.57. The van der Waals surface area contributed by atoms with E-state index in [4.69, 9.17) is 4.42 Å². The molecule has 2 aromatic heterocycles. The number of carbonyl (C=O) groups is 2. The van der Waals surface area contributed by atoms with E-state index in [1.165, 1.54) is 12.1 Å². The van der Waals surface area contributed by atoms with E-state index in [1.54, 1.807) is 36.9 Å². The molecule has 2 amide bonds. The lowest BCUT2D eigenvalue weighted by molar-refractivity contribution is -0.130. The number of nitrogens with one attached hydrogen (secondary N) is 2. The minimum absolute atomic E-state index is 0.0136. The number of benzene rings is 1. The highest BCUT2D eigenvalue weighted by Gasteiger charge is 2.23. The average molecular weight is 557 g/mol. The zero-order valence-corrected chi connectivity index (χ0v) is 23.0. The minimum atomic E-state index is -1.06. The molecule has 3 rings (SSSR count). The van der Waals surface area contributed by atoms with Gasteiger partial charge >= 0.3 is 0 Å². The third-order valence-corrected chi connectivity index (χ3v) is 6.33. The molecule has 0 spiro atoms. The maximum absolute atomic E-state index is 13.8. The second kappa shape index (κ2) is 15.8. The van der Waals surface area contributed by atoms with Crippen LogP contribution >= 0.6 is 0 Å². The molecule has 0 aliphatic rings. The summed E-state index contributed by atoms with van der Waals surface area (Å²) in [6, 6.07) is 7.61. The molecule has 8 nitrogen and oxygen atoms in total. The minimum Gasteiger partial charge on any atom is -0.468 e. The predicted molar refractivity (Wildman–Crippen MR) is 147 cm³/mol. The van der Waals surface area contributed by atoms with Crippen molar-refractivity contribution in [2.45, 2.75) is 64.6 Å². The first-order valence-electron chi connectivity index (χ1n) is 13.6. The fraction of sp³-hybridized carbons (Fsp3) is 0.433. The summed E-state index contributed by atoms with van der Waals surface area (Å²) < 4.78 is 32.9. The van der Waals surface area contributed by atoms with Crippen LogP contribution in [0.25, 0.3) is 0 Å². The SMILES string of the molecule is CCCN(CCC)C(=O)Cc1cncc(CC(=O)N[C@@H](Cc2cc(F)cc(F)c2)[C@H](O)CNCc2ccco2)c1. The van der Waals surface area contributed by atoms with Crippen LogP contribution in [0.5, 0.6) is 0 Å². The Morgan fingerprint density at radius 3 is 2.30 bits per heavy atom. The molecule has 0 radical (unpaired) electrons.